The summed E-state index contributed by atoms with van der Waals surface area (Å²) in [4.78, 5) is 0. The zero-order valence-corrected chi connectivity index (χ0v) is 13.6. The number of benzene rings is 2. The molecule has 0 saturated carbocycles. The maximum atomic E-state index is 13.5. The molecule has 0 aliphatic carbocycles. The van der Waals surface area contributed by atoms with Crippen molar-refractivity contribution in [2.24, 2.45) is 0 Å². The molecule has 0 amide bonds. The molecule has 0 aliphatic heterocycles. The summed E-state index contributed by atoms with van der Waals surface area (Å²) in [5.41, 5.74) is 6.22. The number of nitrogens with two attached hydrogens (primary N) is 1. The fraction of sp³-hybridized carbons (Fsp3) is 0.143. The zero-order chi connectivity index (χ0) is 15.6. The second-order valence-electron chi connectivity index (χ2n) is 4.04. The molecule has 0 unspecified atom stereocenters. The molecular formula is C14H12BrClFNO3. The molecule has 2 rings (SSSR count). The van der Waals surface area contributed by atoms with Crippen LogP contribution < -0.4 is 19.9 Å². The number of anilines is 1. The first-order valence-corrected chi connectivity index (χ1v) is 6.97. The molecule has 2 aromatic rings. The predicted octanol–water partition coefficient (Wildman–Crippen LogP) is 4.63. The lowest BCUT2D eigenvalue weighted by molar-refractivity contribution is 0.352. The van der Waals surface area contributed by atoms with Gasteiger partial charge in [-0.1, -0.05) is 11.6 Å². The molecule has 7 heteroatoms. The van der Waals surface area contributed by atoms with Crippen molar-refractivity contribution in [3.05, 3.63) is 39.6 Å². The van der Waals surface area contributed by atoms with Gasteiger partial charge in [0.2, 0.25) is 0 Å². The van der Waals surface area contributed by atoms with Gasteiger partial charge >= 0.3 is 0 Å². The quantitative estimate of drug-likeness (QED) is 0.624. The van der Waals surface area contributed by atoms with Gasteiger partial charge in [-0.25, -0.2) is 4.39 Å². The molecule has 0 aliphatic rings. The first-order chi connectivity index (χ1) is 9.96. The summed E-state index contributed by atoms with van der Waals surface area (Å²) in [7, 11) is 3.00. The first-order valence-electron chi connectivity index (χ1n) is 5.80. The summed E-state index contributed by atoms with van der Waals surface area (Å²) >= 11 is 8.94. The van der Waals surface area contributed by atoms with Crippen LogP contribution in [0.2, 0.25) is 5.02 Å². The fourth-order valence-corrected chi connectivity index (χ4v) is 2.39. The topological polar surface area (TPSA) is 53.7 Å². The largest absolute Gasteiger partial charge is 0.493 e. The monoisotopic (exact) mass is 375 g/mol. The summed E-state index contributed by atoms with van der Waals surface area (Å²) in [5, 5.41) is -0.00508. The van der Waals surface area contributed by atoms with Crippen LogP contribution in [0.4, 0.5) is 10.1 Å². The van der Waals surface area contributed by atoms with Crippen LogP contribution in [0.1, 0.15) is 0 Å². The third kappa shape index (κ3) is 3.33. The average molecular weight is 377 g/mol. The van der Waals surface area contributed by atoms with Gasteiger partial charge in [0.25, 0.3) is 0 Å². The Labute approximate surface area is 134 Å². The van der Waals surface area contributed by atoms with E-state index in [1.165, 1.54) is 26.4 Å². The van der Waals surface area contributed by atoms with Gasteiger partial charge in [-0.3, -0.25) is 0 Å². The maximum absolute atomic E-state index is 13.5. The molecule has 0 spiro atoms. The Bertz CT molecular complexity index is 682. The smallest absolute Gasteiger partial charge is 0.164 e. The molecule has 2 aromatic carbocycles. The minimum Gasteiger partial charge on any atom is -0.493 e. The van der Waals surface area contributed by atoms with E-state index in [-0.39, 0.29) is 10.8 Å². The Balaban J connectivity index is 2.42. The van der Waals surface area contributed by atoms with Gasteiger partial charge in [0, 0.05) is 18.2 Å². The van der Waals surface area contributed by atoms with Gasteiger partial charge in [-0.2, -0.15) is 0 Å². The van der Waals surface area contributed by atoms with Crippen molar-refractivity contribution in [1.29, 1.82) is 0 Å². The highest BCUT2D eigenvalue weighted by atomic mass is 79.9. The standard InChI is InChI=1S/C14H12BrClFNO3/c1-19-13-5-10(18)12(6-14(13)20-2)21-11-4-9(17)8(16)3-7(11)15/h3-6H,18H2,1-2H3. The normalized spacial score (nSPS) is 10.3. The molecule has 0 aromatic heterocycles. The molecule has 0 atom stereocenters. The Morgan fingerprint density at radius 2 is 1.62 bits per heavy atom. The molecule has 0 saturated heterocycles. The molecule has 0 bridgehead atoms. The highest BCUT2D eigenvalue weighted by Crippen LogP contribution is 2.40. The van der Waals surface area contributed by atoms with E-state index in [0.29, 0.717) is 27.4 Å². The second kappa shape index (κ2) is 6.41. The highest BCUT2D eigenvalue weighted by molar-refractivity contribution is 9.10. The molecule has 2 N–H and O–H groups in total. The minimum atomic E-state index is -0.589. The van der Waals surface area contributed by atoms with Crippen LogP contribution in [0.5, 0.6) is 23.0 Å². The Morgan fingerprint density at radius 1 is 1.00 bits per heavy atom. The lowest BCUT2D eigenvalue weighted by atomic mass is 10.2. The van der Waals surface area contributed by atoms with Crippen LogP contribution in [-0.4, -0.2) is 14.2 Å². The molecule has 112 valence electrons. The van der Waals surface area contributed by atoms with Gasteiger partial charge in [0.05, 0.1) is 29.4 Å². The molecule has 0 fully saturated rings. The van der Waals surface area contributed by atoms with Crippen molar-refractivity contribution >= 4 is 33.2 Å². The second-order valence-corrected chi connectivity index (χ2v) is 5.31. The van der Waals surface area contributed by atoms with E-state index < -0.39 is 5.82 Å². The lowest BCUT2D eigenvalue weighted by Gasteiger charge is -2.14. The predicted molar refractivity (Wildman–Crippen MR) is 83.1 cm³/mol. The number of ether oxygens (including phenoxy) is 3. The summed E-state index contributed by atoms with van der Waals surface area (Å²) in [6.45, 7) is 0. The van der Waals surface area contributed by atoms with Crippen molar-refractivity contribution in [1.82, 2.24) is 0 Å². The number of rotatable bonds is 4. The molecule has 21 heavy (non-hydrogen) atoms. The van der Waals surface area contributed by atoms with E-state index in [1.807, 2.05) is 0 Å². The SMILES string of the molecule is COc1cc(N)c(Oc2cc(F)c(Cl)cc2Br)cc1OC. The van der Waals surface area contributed by atoms with Gasteiger partial charge in [0.15, 0.2) is 17.2 Å². The van der Waals surface area contributed by atoms with Crippen LogP contribution >= 0.6 is 27.5 Å². The molecule has 4 nitrogen and oxygen atoms in total. The van der Waals surface area contributed by atoms with Crippen LogP contribution in [0.15, 0.2) is 28.7 Å². The number of hydrogen-bond acceptors (Lipinski definition) is 4. The summed E-state index contributed by atoms with van der Waals surface area (Å²) in [6.07, 6.45) is 0. The Hall–Kier alpha value is -1.66. The summed E-state index contributed by atoms with van der Waals surface area (Å²) in [6, 6.07) is 5.70. The molecule has 0 radical (unpaired) electrons. The zero-order valence-electron chi connectivity index (χ0n) is 11.2. The van der Waals surface area contributed by atoms with Crippen LogP contribution in [0.3, 0.4) is 0 Å². The third-order valence-corrected chi connectivity index (χ3v) is 3.62. The number of nitrogen functional groups attached to an aromatic ring is 1. The number of hydrogen-bond donors (Lipinski definition) is 1. The van der Waals surface area contributed by atoms with Crippen LogP contribution in [0.25, 0.3) is 0 Å². The van der Waals surface area contributed by atoms with E-state index in [2.05, 4.69) is 15.9 Å². The summed E-state index contributed by atoms with van der Waals surface area (Å²) in [5.74, 6) is 0.899. The van der Waals surface area contributed by atoms with Gasteiger partial charge in [-0.15, -0.1) is 0 Å². The van der Waals surface area contributed by atoms with Gasteiger partial charge in [0.1, 0.15) is 11.6 Å². The van der Waals surface area contributed by atoms with Crippen LogP contribution in [-0.2, 0) is 0 Å². The Kier molecular flexibility index (Phi) is 4.80. The van der Waals surface area contributed by atoms with Crippen molar-refractivity contribution in [3.63, 3.8) is 0 Å². The van der Waals surface area contributed by atoms with Crippen molar-refractivity contribution in [2.45, 2.75) is 0 Å². The fourth-order valence-electron chi connectivity index (χ4n) is 1.67. The maximum Gasteiger partial charge on any atom is 0.164 e. The van der Waals surface area contributed by atoms with Crippen molar-refractivity contribution in [2.75, 3.05) is 20.0 Å². The molecule has 0 heterocycles. The van der Waals surface area contributed by atoms with Gasteiger partial charge < -0.3 is 19.9 Å². The van der Waals surface area contributed by atoms with E-state index in [4.69, 9.17) is 31.5 Å². The molecular weight excluding hydrogens is 365 g/mol. The van der Waals surface area contributed by atoms with E-state index >= 15 is 0 Å². The third-order valence-electron chi connectivity index (χ3n) is 2.71. The summed E-state index contributed by atoms with van der Waals surface area (Å²) < 4.78 is 29.9. The highest BCUT2D eigenvalue weighted by Gasteiger charge is 2.14. The van der Waals surface area contributed by atoms with E-state index in [9.17, 15) is 4.39 Å². The minimum absolute atomic E-state index is 0.00508. The van der Waals surface area contributed by atoms with E-state index in [0.717, 1.165) is 0 Å². The van der Waals surface area contributed by atoms with Crippen molar-refractivity contribution < 1.29 is 18.6 Å². The van der Waals surface area contributed by atoms with Gasteiger partial charge in [-0.05, 0) is 22.0 Å². The lowest BCUT2D eigenvalue weighted by Crippen LogP contribution is -1.97. The van der Waals surface area contributed by atoms with E-state index in [1.54, 1.807) is 12.1 Å². The average Bonchev–Trinajstić information content (AvgIpc) is 2.46. The number of methoxy groups -OCH3 is 2. The van der Waals surface area contributed by atoms with Crippen molar-refractivity contribution in [3.8, 4) is 23.0 Å². The number of halogens is 3. The first kappa shape index (κ1) is 15.7. The van der Waals surface area contributed by atoms with Crippen LogP contribution in [0, 0.1) is 5.82 Å². The Morgan fingerprint density at radius 3 is 2.24 bits per heavy atom.